The summed E-state index contributed by atoms with van der Waals surface area (Å²) in [5.74, 6) is -1.62. The summed E-state index contributed by atoms with van der Waals surface area (Å²) in [6.07, 6.45) is -1.38. The van der Waals surface area contributed by atoms with Crippen molar-refractivity contribution in [1.29, 1.82) is 0 Å². The van der Waals surface area contributed by atoms with E-state index in [1.165, 1.54) is 7.11 Å². The highest BCUT2D eigenvalue weighted by atomic mass is 16.6. The van der Waals surface area contributed by atoms with E-state index in [1.807, 2.05) is 74.5 Å². The van der Waals surface area contributed by atoms with Crippen LogP contribution in [0, 0.1) is 0 Å². The van der Waals surface area contributed by atoms with E-state index < -0.39 is 58.2 Å². The van der Waals surface area contributed by atoms with Crippen molar-refractivity contribution in [2.24, 2.45) is 0 Å². The van der Waals surface area contributed by atoms with Gasteiger partial charge >= 0.3 is 24.1 Å². The summed E-state index contributed by atoms with van der Waals surface area (Å²) in [6, 6.07) is 16.8. The molecule has 43 heavy (non-hydrogen) atoms. The van der Waals surface area contributed by atoms with Gasteiger partial charge in [-0.1, -0.05) is 88.4 Å². The molecule has 0 aliphatic rings. The zero-order chi connectivity index (χ0) is 33.2. The Morgan fingerprint density at radius 1 is 0.605 bits per heavy atom. The third-order valence-corrected chi connectivity index (χ3v) is 6.48. The van der Waals surface area contributed by atoms with Crippen LogP contribution in [-0.4, -0.2) is 59.6 Å². The second kappa shape index (κ2) is 14.9. The summed E-state index contributed by atoms with van der Waals surface area (Å²) in [5, 5.41) is 14.5. The zero-order valence-corrected chi connectivity index (χ0v) is 27.2. The van der Waals surface area contributed by atoms with Crippen LogP contribution in [0.3, 0.4) is 0 Å². The van der Waals surface area contributed by atoms with Crippen LogP contribution < -0.4 is 10.6 Å². The number of amides is 2. The number of carboxylic acid groups (broad SMARTS) is 1. The minimum atomic E-state index is -1.10. The quantitative estimate of drug-likeness (QED) is 0.249. The molecular weight excluding hydrogens is 552 g/mol. The van der Waals surface area contributed by atoms with Gasteiger partial charge < -0.3 is 30.0 Å². The van der Waals surface area contributed by atoms with Crippen molar-refractivity contribution < 1.29 is 38.5 Å². The van der Waals surface area contributed by atoms with Gasteiger partial charge in [0, 0.05) is 10.8 Å². The minimum Gasteiger partial charge on any atom is -0.480 e. The zero-order valence-electron chi connectivity index (χ0n) is 27.2. The fourth-order valence-electron chi connectivity index (χ4n) is 4.12. The SMILES string of the molecule is CC(C)(C)OC(=O)N[C@H](C(=O)O)C(C)(C)c1ccccc1.COC(=O)[C@@H](NC(=O)OC(C)(C)C)C(C)(C)c1ccccc1. The average Bonchev–Trinajstić information content (AvgIpc) is 2.89. The molecule has 0 fully saturated rings. The van der Waals surface area contributed by atoms with Crippen molar-refractivity contribution in [2.45, 2.75) is 103 Å². The summed E-state index contributed by atoms with van der Waals surface area (Å²) in [6.45, 7) is 17.8. The molecule has 0 unspecified atom stereocenters. The van der Waals surface area contributed by atoms with Crippen LogP contribution in [-0.2, 0) is 34.6 Å². The standard InChI is InChI=1S/C17H25NO4.C16H23NO4/c1-16(2,3)22-15(20)18-13(14(19)21-6)17(4,5)12-10-8-7-9-11-12;1-15(2,3)21-14(20)17-12(13(18)19)16(4,5)11-9-7-6-8-10-11/h7-11,13H,1-6H3,(H,18,20);6-10,12H,1-5H3,(H,17,20)(H,18,19)/t13-;12-/m11/s1. The first-order valence-corrected chi connectivity index (χ1v) is 14.0. The van der Waals surface area contributed by atoms with Gasteiger partial charge in [0.15, 0.2) is 0 Å². The van der Waals surface area contributed by atoms with Crippen molar-refractivity contribution in [2.75, 3.05) is 7.11 Å². The number of ether oxygens (including phenoxy) is 3. The topological polar surface area (TPSA) is 140 Å². The van der Waals surface area contributed by atoms with E-state index in [1.54, 1.807) is 55.4 Å². The molecule has 0 bridgehead atoms. The number of carboxylic acids is 1. The number of aliphatic carboxylic acids is 1. The lowest BCUT2D eigenvalue weighted by atomic mass is 9.77. The Kier molecular flexibility index (Phi) is 12.8. The van der Waals surface area contributed by atoms with Gasteiger partial charge in [0.1, 0.15) is 23.3 Å². The Hall–Kier alpha value is -4.08. The second-order valence-electron chi connectivity index (χ2n) is 13.2. The average molecular weight is 601 g/mol. The van der Waals surface area contributed by atoms with Gasteiger partial charge in [0.2, 0.25) is 0 Å². The monoisotopic (exact) mass is 600 g/mol. The second-order valence-corrected chi connectivity index (χ2v) is 13.2. The third kappa shape index (κ3) is 12.0. The molecule has 0 saturated heterocycles. The highest BCUT2D eigenvalue weighted by molar-refractivity contribution is 5.83. The Bertz CT molecular complexity index is 1210. The predicted molar refractivity (Wildman–Crippen MR) is 165 cm³/mol. The summed E-state index contributed by atoms with van der Waals surface area (Å²) >= 11 is 0. The molecule has 10 heteroatoms. The van der Waals surface area contributed by atoms with Gasteiger partial charge in [-0.05, 0) is 52.7 Å². The number of rotatable bonds is 8. The van der Waals surface area contributed by atoms with E-state index >= 15 is 0 Å². The van der Waals surface area contributed by atoms with E-state index in [-0.39, 0.29) is 0 Å². The maximum absolute atomic E-state index is 12.1. The van der Waals surface area contributed by atoms with Crippen LogP contribution >= 0.6 is 0 Å². The lowest BCUT2D eigenvalue weighted by Crippen LogP contribution is -2.53. The van der Waals surface area contributed by atoms with Crippen molar-refractivity contribution in [3.05, 3.63) is 71.8 Å². The smallest absolute Gasteiger partial charge is 0.408 e. The Morgan fingerprint density at radius 3 is 1.23 bits per heavy atom. The molecule has 2 atom stereocenters. The molecule has 2 rings (SSSR count). The molecule has 0 spiro atoms. The highest BCUT2D eigenvalue weighted by Crippen LogP contribution is 2.29. The van der Waals surface area contributed by atoms with Crippen molar-refractivity contribution in [1.82, 2.24) is 10.6 Å². The first-order chi connectivity index (χ1) is 19.6. The van der Waals surface area contributed by atoms with Crippen LogP contribution in [0.25, 0.3) is 0 Å². The number of hydrogen-bond donors (Lipinski definition) is 3. The van der Waals surface area contributed by atoms with Gasteiger partial charge in [0.25, 0.3) is 0 Å². The van der Waals surface area contributed by atoms with Gasteiger partial charge in [-0.15, -0.1) is 0 Å². The number of methoxy groups -OCH3 is 1. The van der Waals surface area contributed by atoms with Crippen LogP contribution in [0.1, 0.15) is 80.4 Å². The molecule has 2 aromatic rings. The van der Waals surface area contributed by atoms with E-state index in [4.69, 9.17) is 14.2 Å². The molecule has 2 aromatic carbocycles. The van der Waals surface area contributed by atoms with Crippen molar-refractivity contribution in [3.8, 4) is 0 Å². The molecule has 2 amide bonds. The number of hydrogen-bond acceptors (Lipinski definition) is 7. The highest BCUT2D eigenvalue weighted by Gasteiger charge is 2.40. The molecule has 10 nitrogen and oxygen atoms in total. The maximum atomic E-state index is 12.1. The number of nitrogens with one attached hydrogen (secondary N) is 2. The summed E-state index contributed by atoms with van der Waals surface area (Å²) in [5.41, 5.74) is -0.990. The fourth-order valence-corrected chi connectivity index (χ4v) is 4.12. The number of alkyl carbamates (subject to hydrolysis) is 2. The van der Waals surface area contributed by atoms with E-state index in [0.717, 1.165) is 11.1 Å². The van der Waals surface area contributed by atoms with Crippen LogP contribution in [0.5, 0.6) is 0 Å². The molecule has 238 valence electrons. The Morgan fingerprint density at radius 2 is 0.930 bits per heavy atom. The number of benzene rings is 2. The van der Waals surface area contributed by atoms with Crippen LogP contribution in [0.4, 0.5) is 9.59 Å². The van der Waals surface area contributed by atoms with Gasteiger partial charge in [0.05, 0.1) is 7.11 Å². The minimum absolute atomic E-state index is 0.514. The van der Waals surface area contributed by atoms with E-state index in [9.17, 15) is 24.3 Å². The lowest BCUT2D eigenvalue weighted by molar-refractivity contribution is -0.145. The van der Waals surface area contributed by atoms with E-state index in [0.29, 0.717) is 0 Å². The largest absolute Gasteiger partial charge is 0.480 e. The first-order valence-electron chi connectivity index (χ1n) is 14.0. The summed E-state index contributed by atoms with van der Waals surface area (Å²) in [7, 11) is 1.30. The number of carbonyl (C=O) groups is 4. The molecule has 3 N–H and O–H groups in total. The maximum Gasteiger partial charge on any atom is 0.408 e. The Labute approximate surface area is 255 Å². The molecule has 0 heterocycles. The van der Waals surface area contributed by atoms with Crippen molar-refractivity contribution in [3.63, 3.8) is 0 Å². The van der Waals surface area contributed by atoms with Crippen LogP contribution in [0.2, 0.25) is 0 Å². The molecule has 0 aliphatic heterocycles. The van der Waals surface area contributed by atoms with Crippen molar-refractivity contribution >= 4 is 24.1 Å². The lowest BCUT2D eigenvalue weighted by Gasteiger charge is -2.34. The number of carbonyl (C=O) groups excluding carboxylic acids is 3. The van der Waals surface area contributed by atoms with Gasteiger partial charge in [-0.3, -0.25) is 0 Å². The van der Waals surface area contributed by atoms with Crippen LogP contribution in [0.15, 0.2) is 60.7 Å². The molecule has 0 saturated carbocycles. The normalized spacial score (nSPS) is 13.3. The third-order valence-electron chi connectivity index (χ3n) is 6.48. The van der Waals surface area contributed by atoms with Gasteiger partial charge in [-0.2, -0.15) is 0 Å². The molecule has 0 radical (unpaired) electrons. The van der Waals surface area contributed by atoms with Gasteiger partial charge in [-0.25, -0.2) is 19.2 Å². The first kappa shape index (κ1) is 36.9. The predicted octanol–water partition coefficient (Wildman–Crippen LogP) is 5.97. The summed E-state index contributed by atoms with van der Waals surface area (Å²) < 4.78 is 15.2. The molecule has 0 aliphatic carbocycles. The fraction of sp³-hybridized carbons (Fsp3) is 0.515. The number of esters is 1. The van der Waals surface area contributed by atoms with E-state index in [2.05, 4.69) is 10.6 Å². The molecular formula is C33H48N2O8. The molecule has 0 aromatic heterocycles. The Balaban J connectivity index is 0.000000430. The summed E-state index contributed by atoms with van der Waals surface area (Å²) in [4.78, 5) is 47.6.